The normalized spacial score (nSPS) is 21.1. The molecule has 1 aromatic heterocycles. The van der Waals surface area contributed by atoms with Gasteiger partial charge in [-0.15, -0.1) is 0 Å². The van der Waals surface area contributed by atoms with Crippen molar-refractivity contribution in [2.75, 3.05) is 26.8 Å². The lowest BCUT2D eigenvalue weighted by Gasteiger charge is -2.39. The highest BCUT2D eigenvalue weighted by molar-refractivity contribution is 5.95. The maximum Gasteiger partial charge on any atom is 0.313 e. The summed E-state index contributed by atoms with van der Waals surface area (Å²) < 4.78 is 5.11. The molecule has 24 heavy (non-hydrogen) atoms. The number of carboxylic acids is 1. The average molecular weight is 335 g/mol. The molecule has 0 bridgehead atoms. The number of hydrogen-bond acceptors (Lipinski definition) is 5. The Balaban J connectivity index is 2.31. The molecule has 1 N–H and O–H groups in total. The maximum atomic E-state index is 13.0. The number of hydrogen-bond donors (Lipinski definition) is 1. The molecule has 0 aliphatic carbocycles. The number of aryl methyl sites for hydroxylation is 1. The summed E-state index contributed by atoms with van der Waals surface area (Å²) in [6.45, 7) is 6.49. The fourth-order valence-electron chi connectivity index (χ4n) is 3.20. The van der Waals surface area contributed by atoms with E-state index in [1.54, 1.807) is 18.0 Å². The average Bonchev–Trinajstić information content (AvgIpc) is 2.54. The second-order valence-corrected chi connectivity index (χ2v) is 6.72. The van der Waals surface area contributed by atoms with Crippen LogP contribution < -0.4 is 0 Å². The fourth-order valence-corrected chi connectivity index (χ4v) is 3.20. The highest BCUT2D eigenvalue weighted by Crippen LogP contribution is 2.32. The summed E-state index contributed by atoms with van der Waals surface area (Å²) >= 11 is 0. The van der Waals surface area contributed by atoms with Gasteiger partial charge in [0.1, 0.15) is 11.2 Å². The number of aliphatic carboxylic acids is 1. The van der Waals surface area contributed by atoms with Crippen molar-refractivity contribution in [3.8, 4) is 0 Å². The van der Waals surface area contributed by atoms with Gasteiger partial charge in [-0.25, -0.2) is 9.97 Å². The van der Waals surface area contributed by atoms with Gasteiger partial charge in [0.2, 0.25) is 0 Å². The van der Waals surface area contributed by atoms with Gasteiger partial charge < -0.3 is 14.7 Å². The molecule has 7 nitrogen and oxygen atoms in total. The van der Waals surface area contributed by atoms with E-state index in [9.17, 15) is 14.7 Å². The van der Waals surface area contributed by atoms with E-state index in [1.165, 1.54) is 7.11 Å². The van der Waals surface area contributed by atoms with Crippen LogP contribution in [0.4, 0.5) is 0 Å². The number of ether oxygens (including phenoxy) is 1. The van der Waals surface area contributed by atoms with Gasteiger partial charge in [0, 0.05) is 26.4 Å². The van der Waals surface area contributed by atoms with Gasteiger partial charge in [0.25, 0.3) is 5.91 Å². The minimum Gasteiger partial charge on any atom is -0.481 e. The Kier molecular flexibility index (Phi) is 5.54. The predicted molar refractivity (Wildman–Crippen MR) is 87.9 cm³/mol. The summed E-state index contributed by atoms with van der Waals surface area (Å²) in [5.74, 6) is -0.432. The number of methoxy groups -OCH3 is 1. The van der Waals surface area contributed by atoms with Gasteiger partial charge in [-0.05, 0) is 25.7 Å². The van der Waals surface area contributed by atoms with Gasteiger partial charge in [0.15, 0.2) is 0 Å². The number of carbonyl (C=O) groups excluding carboxylic acids is 1. The van der Waals surface area contributed by atoms with Crippen molar-refractivity contribution in [3.63, 3.8) is 0 Å². The summed E-state index contributed by atoms with van der Waals surface area (Å²) in [5, 5.41) is 9.63. The van der Waals surface area contributed by atoms with Gasteiger partial charge >= 0.3 is 5.97 Å². The van der Waals surface area contributed by atoms with Crippen LogP contribution in [-0.2, 0) is 9.53 Å². The van der Waals surface area contributed by atoms with Crippen molar-refractivity contribution in [1.82, 2.24) is 14.9 Å². The van der Waals surface area contributed by atoms with E-state index >= 15 is 0 Å². The number of nitrogens with zero attached hydrogens (tertiary/aromatic N) is 3. The molecule has 0 spiro atoms. The molecule has 1 unspecified atom stereocenters. The molecule has 0 radical (unpaired) electrons. The minimum absolute atomic E-state index is 0.0821. The van der Waals surface area contributed by atoms with Gasteiger partial charge in [-0.1, -0.05) is 13.8 Å². The standard InChI is InChI=1S/C17H25N3O4/c1-11(2)14-13(8-18-12(3)19-14)15(21)20-7-5-6-17(9-20,10-24-4)16(22)23/h8,11H,5-7,9-10H2,1-4H3,(H,22,23). The molecule has 1 atom stereocenters. The number of likely N-dealkylation sites (tertiary alicyclic amines) is 1. The summed E-state index contributed by atoms with van der Waals surface area (Å²) in [4.78, 5) is 34.8. The van der Waals surface area contributed by atoms with Crippen molar-refractivity contribution in [3.05, 3.63) is 23.3 Å². The lowest BCUT2D eigenvalue weighted by atomic mass is 9.80. The monoisotopic (exact) mass is 335 g/mol. The van der Waals surface area contributed by atoms with E-state index in [1.807, 2.05) is 13.8 Å². The van der Waals surface area contributed by atoms with Gasteiger partial charge in [-0.3, -0.25) is 9.59 Å². The lowest BCUT2D eigenvalue weighted by Crippen LogP contribution is -2.52. The molecule has 2 rings (SSSR count). The van der Waals surface area contributed by atoms with E-state index in [-0.39, 0.29) is 25.0 Å². The first-order valence-electron chi connectivity index (χ1n) is 8.16. The molecule has 132 valence electrons. The first kappa shape index (κ1) is 18.3. The van der Waals surface area contributed by atoms with Crippen LogP contribution in [0.2, 0.25) is 0 Å². The molecular weight excluding hydrogens is 310 g/mol. The fraction of sp³-hybridized carbons (Fsp3) is 0.647. The predicted octanol–water partition coefficient (Wildman–Crippen LogP) is 1.86. The Labute approximate surface area is 142 Å². The zero-order valence-electron chi connectivity index (χ0n) is 14.7. The highest BCUT2D eigenvalue weighted by atomic mass is 16.5. The molecule has 1 saturated heterocycles. The van der Waals surface area contributed by atoms with Crippen LogP contribution in [0, 0.1) is 12.3 Å². The van der Waals surface area contributed by atoms with Crippen LogP contribution in [-0.4, -0.2) is 58.7 Å². The zero-order chi connectivity index (χ0) is 17.9. The zero-order valence-corrected chi connectivity index (χ0v) is 14.7. The van der Waals surface area contributed by atoms with Crippen LogP contribution in [0.3, 0.4) is 0 Å². The molecule has 1 aromatic rings. The van der Waals surface area contributed by atoms with E-state index in [2.05, 4.69) is 9.97 Å². The summed E-state index contributed by atoms with van der Waals surface area (Å²) in [6, 6.07) is 0. The van der Waals surface area contributed by atoms with Crippen molar-refractivity contribution < 1.29 is 19.4 Å². The second kappa shape index (κ2) is 7.25. The molecule has 1 amide bonds. The van der Waals surface area contributed by atoms with Crippen LogP contribution in [0.1, 0.15) is 54.5 Å². The largest absolute Gasteiger partial charge is 0.481 e. The SMILES string of the molecule is COCC1(C(=O)O)CCCN(C(=O)c2cnc(C)nc2C(C)C)C1. The number of aromatic nitrogens is 2. The maximum absolute atomic E-state index is 13.0. The van der Waals surface area contributed by atoms with E-state index in [0.717, 1.165) is 0 Å². The molecule has 1 fully saturated rings. The number of carboxylic acid groups (broad SMARTS) is 1. The Morgan fingerprint density at radius 3 is 2.75 bits per heavy atom. The third-order valence-corrected chi connectivity index (χ3v) is 4.45. The Morgan fingerprint density at radius 2 is 2.17 bits per heavy atom. The van der Waals surface area contributed by atoms with E-state index in [4.69, 9.17) is 4.74 Å². The van der Waals surface area contributed by atoms with Crippen LogP contribution in [0.15, 0.2) is 6.20 Å². The van der Waals surface area contributed by atoms with Crippen molar-refractivity contribution in [2.45, 2.75) is 39.5 Å². The number of rotatable bonds is 5. The summed E-state index contributed by atoms with van der Waals surface area (Å²) in [6.07, 6.45) is 2.68. The molecule has 0 saturated carbocycles. The molecule has 2 heterocycles. The second-order valence-electron chi connectivity index (χ2n) is 6.72. The highest BCUT2D eigenvalue weighted by Gasteiger charge is 2.44. The summed E-state index contributed by atoms with van der Waals surface area (Å²) in [7, 11) is 1.48. The summed E-state index contributed by atoms with van der Waals surface area (Å²) in [5.41, 5.74) is 0.103. The minimum atomic E-state index is -1.05. The first-order valence-corrected chi connectivity index (χ1v) is 8.16. The van der Waals surface area contributed by atoms with E-state index < -0.39 is 11.4 Å². The van der Waals surface area contributed by atoms with Crippen LogP contribution in [0.25, 0.3) is 0 Å². The molecule has 1 aliphatic rings. The quantitative estimate of drug-likeness (QED) is 0.883. The number of carbonyl (C=O) groups is 2. The molecular formula is C17H25N3O4. The Hall–Kier alpha value is -2.02. The Morgan fingerprint density at radius 1 is 1.46 bits per heavy atom. The van der Waals surface area contributed by atoms with Crippen molar-refractivity contribution >= 4 is 11.9 Å². The first-order chi connectivity index (χ1) is 11.3. The molecule has 0 aromatic carbocycles. The molecule has 7 heteroatoms. The Bertz CT molecular complexity index is 628. The number of amides is 1. The van der Waals surface area contributed by atoms with Gasteiger partial charge in [0.05, 0.1) is 17.9 Å². The third-order valence-electron chi connectivity index (χ3n) is 4.45. The van der Waals surface area contributed by atoms with Crippen LogP contribution >= 0.6 is 0 Å². The topological polar surface area (TPSA) is 92.6 Å². The van der Waals surface area contributed by atoms with Crippen molar-refractivity contribution in [2.24, 2.45) is 5.41 Å². The number of piperidine rings is 1. The molecule has 1 aliphatic heterocycles. The smallest absolute Gasteiger partial charge is 0.313 e. The van der Waals surface area contributed by atoms with Crippen LogP contribution in [0.5, 0.6) is 0 Å². The van der Waals surface area contributed by atoms with E-state index in [0.29, 0.717) is 36.5 Å². The lowest BCUT2D eigenvalue weighted by molar-refractivity contribution is -0.155. The van der Waals surface area contributed by atoms with Crippen molar-refractivity contribution in [1.29, 1.82) is 0 Å². The van der Waals surface area contributed by atoms with Gasteiger partial charge in [-0.2, -0.15) is 0 Å². The third kappa shape index (κ3) is 3.56.